The Morgan fingerprint density at radius 1 is 1.00 bits per heavy atom. The van der Waals surface area contributed by atoms with Crippen LogP contribution in [-0.2, 0) is 0 Å². The topological polar surface area (TPSA) is 25.8 Å². The van der Waals surface area contributed by atoms with Crippen LogP contribution in [0.25, 0.3) is 11.3 Å². The third-order valence-electron chi connectivity index (χ3n) is 2.51. The van der Waals surface area contributed by atoms with Crippen LogP contribution < -0.4 is 0 Å². The summed E-state index contributed by atoms with van der Waals surface area (Å²) in [7, 11) is 0. The highest BCUT2D eigenvalue weighted by Crippen LogP contribution is 2.37. The smallest absolute Gasteiger partial charge is 0.119 e. The molecule has 3 aromatic rings. The normalized spacial score (nSPS) is 10.6. The summed E-state index contributed by atoms with van der Waals surface area (Å²) in [6.07, 6.45) is 0. The molecule has 0 unspecified atom stereocenters. The highest BCUT2D eigenvalue weighted by atomic mass is 35.5. The van der Waals surface area contributed by atoms with Gasteiger partial charge in [0.05, 0.1) is 0 Å². The number of hydrogen-bond donors (Lipinski definition) is 0. The van der Waals surface area contributed by atoms with Gasteiger partial charge >= 0.3 is 0 Å². The van der Waals surface area contributed by atoms with E-state index in [4.69, 9.17) is 11.6 Å². The van der Waals surface area contributed by atoms with Gasteiger partial charge in [0.25, 0.3) is 0 Å². The molecule has 0 aliphatic heterocycles. The highest BCUT2D eigenvalue weighted by molar-refractivity contribution is 8.01. The standard InChI is InChI=1S/C14H9ClN2S2/c15-11-7-4-8-12(9-11)18-14-13(16-17-19-14)10-5-2-1-3-6-10/h1-9H. The summed E-state index contributed by atoms with van der Waals surface area (Å²) in [4.78, 5) is 1.09. The maximum atomic E-state index is 6.00. The summed E-state index contributed by atoms with van der Waals surface area (Å²) in [5.41, 5.74) is 2.01. The number of benzene rings is 2. The van der Waals surface area contributed by atoms with E-state index in [-0.39, 0.29) is 0 Å². The number of halogens is 1. The monoisotopic (exact) mass is 304 g/mol. The van der Waals surface area contributed by atoms with Crippen LogP contribution in [0.2, 0.25) is 5.02 Å². The van der Waals surface area contributed by atoms with Crippen LogP contribution in [-0.4, -0.2) is 9.59 Å². The molecule has 2 nitrogen and oxygen atoms in total. The number of aromatic nitrogens is 2. The number of hydrogen-bond acceptors (Lipinski definition) is 4. The molecule has 0 atom stereocenters. The maximum absolute atomic E-state index is 6.00. The predicted molar refractivity (Wildman–Crippen MR) is 80.9 cm³/mol. The van der Waals surface area contributed by atoms with Crippen LogP contribution in [0.5, 0.6) is 0 Å². The van der Waals surface area contributed by atoms with Crippen molar-refractivity contribution in [1.82, 2.24) is 9.59 Å². The number of rotatable bonds is 3. The Hall–Kier alpha value is -1.36. The van der Waals surface area contributed by atoms with Gasteiger partial charge < -0.3 is 0 Å². The van der Waals surface area contributed by atoms with Gasteiger partial charge in [0.15, 0.2) is 0 Å². The van der Waals surface area contributed by atoms with E-state index >= 15 is 0 Å². The zero-order chi connectivity index (χ0) is 13.1. The predicted octanol–water partition coefficient (Wildman–Crippen LogP) is 5.01. The summed E-state index contributed by atoms with van der Waals surface area (Å²) in [5.74, 6) is 0. The lowest BCUT2D eigenvalue weighted by Gasteiger charge is -2.01. The lowest BCUT2D eigenvalue weighted by molar-refractivity contribution is 1.15. The Morgan fingerprint density at radius 2 is 1.84 bits per heavy atom. The molecule has 3 rings (SSSR count). The van der Waals surface area contributed by atoms with E-state index in [1.165, 1.54) is 11.5 Å². The van der Waals surface area contributed by atoms with Gasteiger partial charge in [-0.15, -0.1) is 5.10 Å². The molecule has 1 aromatic heterocycles. The SMILES string of the molecule is Clc1cccc(Sc2snnc2-c2ccccc2)c1. The van der Waals surface area contributed by atoms with Crippen molar-refractivity contribution in [2.45, 2.75) is 9.10 Å². The van der Waals surface area contributed by atoms with Crippen molar-refractivity contribution >= 4 is 34.9 Å². The second-order valence-corrected chi connectivity index (χ2v) is 6.37. The van der Waals surface area contributed by atoms with Crippen LogP contribution in [0.15, 0.2) is 63.7 Å². The first-order chi connectivity index (χ1) is 9.33. The minimum Gasteiger partial charge on any atom is -0.137 e. The van der Waals surface area contributed by atoms with Crippen molar-refractivity contribution in [2.24, 2.45) is 0 Å². The van der Waals surface area contributed by atoms with Crippen LogP contribution in [0, 0.1) is 0 Å². The molecule has 5 heteroatoms. The van der Waals surface area contributed by atoms with Crippen molar-refractivity contribution in [1.29, 1.82) is 0 Å². The third-order valence-corrected chi connectivity index (χ3v) is 4.61. The summed E-state index contributed by atoms with van der Waals surface area (Å²) < 4.78 is 5.13. The van der Waals surface area contributed by atoms with Gasteiger partial charge in [0, 0.05) is 15.5 Å². The van der Waals surface area contributed by atoms with Crippen LogP contribution >= 0.6 is 34.9 Å². The van der Waals surface area contributed by atoms with E-state index in [0.29, 0.717) is 0 Å². The van der Waals surface area contributed by atoms with Gasteiger partial charge in [0.2, 0.25) is 0 Å². The minimum absolute atomic E-state index is 0.740. The lowest BCUT2D eigenvalue weighted by atomic mass is 10.2. The van der Waals surface area contributed by atoms with Crippen molar-refractivity contribution in [2.75, 3.05) is 0 Å². The molecule has 0 aliphatic rings. The van der Waals surface area contributed by atoms with E-state index in [1.54, 1.807) is 11.8 Å². The summed E-state index contributed by atoms with van der Waals surface area (Å²) in [6.45, 7) is 0. The van der Waals surface area contributed by atoms with E-state index in [0.717, 1.165) is 25.4 Å². The maximum Gasteiger partial charge on any atom is 0.119 e. The summed E-state index contributed by atoms with van der Waals surface area (Å²) >= 11 is 9.04. The molecule has 1 heterocycles. The molecule has 0 N–H and O–H groups in total. The number of nitrogens with zero attached hydrogens (tertiary/aromatic N) is 2. The minimum atomic E-state index is 0.740. The molecule has 19 heavy (non-hydrogen) atoms. The highest BCUT2D eigenvalue weighted by Gasteiger charge is 2.11. The molecule has 0 saturated carbocycles. The second-order valence-electron chi connectivity index (χ2n) is 3.83. The first kappa shape index (κ1) is 12.7. The van der Waals surface area contributed by atoms with Gasteiger partial charge in [-0.05, 0) is 29.7 Å². The fourth-order valence-electron chi connectivity index (χ4n) is 1.66. The largest absolute Gasteiger partial charge is 0.137 e. The average Bonchev–Trinajstić information content (AvgIpc) is 2.88. The molecule has 2 aromatic carbocycles. The van der Waals surface area contributed by atoms with Crippen molar-refractivity contribution in [3.8, 4) is 11.3 Å². The van der Waals surface area contributed by atoms with E-state index < -0.39 is 0 Å². The summed E-state index contributed by atoms with van der Waals surface area (Å²) in [6, 6.07) is 17.9. The molecule has 0 saturated heterocycles. The lowest BCUT2D eigenvalue weighted by Crippen LogP contribution is -1.80. The van der Waals surface area contributed by atoms with Crippen LogP contribution in [0.1, 0.15) is 0 Å². The van der Waals surface area contributed by atoms with Gasteiger partial charge in [-0.25, -0.2) is 0 Å². The molecular formula is C14H9ClN2S2. The van der Waals surface area contributed by atoms with Crippen LogP contribution in [0.3, 0.4) is 0 Å². The molecule has 94 valence electrons. The first-order valence-corrected chi connectivity index (χ1v) is 7.61. The molecule has 0 spiro atoms. The Morgan fingerprint density at radius 3 is 2.63 bits per heavy atom. The van der Waals surface area contributed by atoms with E-state index in [9.17, 15) is 0 Å². The molecule has 0 amide bonds. The first-order valence-electron chi connectivity index (χ1n) is 5.64. The summed E-state index contributed by atoms with van der Waals surface area (Å²) in [5, 5.41) is 4.96. The second kappa shape index (κ2) is 5.74. The molecule has 0 aliphatic carbocycles. The van der Waals surface area contributed by atoms with Gasteiger partial charge in [-0.3, -0.25) is 0 Å². The van der Waals surface area contributed by atoms with E-state index in [2.05, 4.69) is 9.59 Å². The molecular weight excluding hydrogens is 296 g/mol. The quantitative estimate of drug-likeness (QED) is 0.680. The Kier molecular flexibility index (Phi) is 3.82. The fourth-order valence-corrected chi connectivity index (χ4v) is 3.69. The van der Waals surface area contributed by atoms with Crippen molar-refractivity contribution in [3.63, 3.8) is 0 Å². The third kappa shape index (κ3) is 2.97. The zero-order valence-electron chi connectivity index (χ0n) is 9.79. The molecule has 0 bridgehead atoms. The van der Waals surface area contributed by atoms with E-state index in [1.807, 2.05) is 54.6 Å². The fraction of sp³-hybridized carbons (Fsp3) is 0. The van der Waals surface area contributed by atoms with Crippen molar-refractivity contribution < 1.29 is 0 Å². The molecule has 0 fully saturated rings. The molecule has 0 radical (unpaired) electrons. The van der Waals surface area contributed by atoms with Gasteiger partial charge in [-0.1, -0.05) is 64.2 Å². The Balaban J connectivity index is 1.93. The average molecular weight is 305 g/mol. The van der Waals surface area contributed by atoms with Crippen LogP contribution in [0.4, 0.5) is 0 Å². The van der Waals surface area contributed by atoms with Crippen molar-refractivity contribution in [3.05, 3.63) is 59.6 Å². The van der Waals surface area contributed by atoms with Gasteiger partial charge in [-0.2, -0.15) is 0 Å². The van der Waals surface area contributed by atoms with Gasteiger partial charge in [0.1, 0.15) is 9.90 Å². The Bertz CT molecular complexity index is 683. The zero-order valence-corrected chi connectivity index (χ0v) is 12.2. The Labute approximate surface area is 124 Å².